The largest absolute Gasteiger partial charge is 0.340 e. The maximum absolute atomic E-state index is 12.5. The van der Waals surface area contributed by atoms with E-state index in [2.05, 4.69) is 17.1 Å². The van der Waals surface area contributed by atoms with Crippen molar-refractivity contribution in [2.24, 2.45) is 0 Å². The molecule has 1 N–H and O–H groups in total. The molecule has 1 aliphatic heterocycles. The fourth-order valence-corrected chi connectivity index (χ4v) is 4.43. The third-order valence-corrected chi connectivity index (χ3v) is 5.90. The number of carbonyl (C=O) groups is 1. The zero-order valence-electron chi connectivity index (χ0n) is 14.6. The van der Waals surface area contributed by atoms with E-state index in [-0.39, 0.29) is 11.9 Å². The van der Waals surface area contributed by atoms with Gasteiger partial charge in [0.05, 0.1) is 29.3 Å². The molecule has 1 saturated heterocycles. The lowest BCUT2D eigenvalue weighted by Gasteiger charge is -2.22. The summed E-state index contributed by atoms with van der Waals surface area (Å²) >= 11 is 1.62. The summed E-state index contributed by atoms with van der Waals surface area (Å²) in [5.74, 6) is 1.02. The molecule has 3 heterocycles. The van der Waals surface area contributed by atoms with E-state index in [4.69, 9.17) is 9.97 Å². The van der Waals surface area contributed by atoms with Crippen LogP contribution < -0.4 is 0 Å². The molecule has 5 rings (SSSR count). The van der Waals surface area contributed by atoms with Crippen LogP contribution in [0.4, 0.5) is 0 Å². The number of imidazole rings is 1. The minimum absolute atomic E-state index is 0.0215. The Bertz CT molecular complexity index is 1070. The zero-order chi connectivity index (χ0) is 18.2. The summed E-state index contributed by atoms with van der Waals surface area (Å²) in [6, 6.07) is 18.1. The van der Waals surface area contributed by atoms with E-state index in [0.717, 1.165) is 39.5 Å². The summed E-state index contributed by atoms with van der Waals surface area (Å²) in [5, 5.41) is 3.03. The first kappa shape index (κ1) is 16.2. The van der Waals surface area contributed by atoms with Gasteiger partial charge >= 0.3 is 0 Å². The van der Waals surface area contributed by atoms with Crippen molar-refractivity contribution in [3.63, 3.8) is 0 Å². The number of H-pyrrole nitrogens is 1. The number of aromatic nitrogens is 3. The van der Waals surface area contributed by atoms with E-state index in [0.29, 0.717) is 13.0 Å². The molecule has 134 valence electrons. The number of carbonyl (C=O) groups excluding carboxylic acids is 1. The van der Waals surface area contributed by atoms with E-state index in [1.54, 1.807) is 11.3 Å². The standard InChI is InChI=1S/C21H18N4OS/c26-19-11-10-18(20-23-16-8-4-5-9-17(16)24-20)25(19)12-15-13-27-21(22-15)14-6-2-1-3-7-14/h1-9,13,18H,10-12H2,(H,23,24)/t18-/m0/s1. The molecule has 0 bridgehead atoms. The van der Waals surface area contributed by atoms with Crippen LogP contribution in [0, 0.1) is 0 Å². The van der Waals surface area contributed by atoms with Gasteiger partial charge in [0.25, 0.3) is 0 Å². The predicted octanol–water partition coefficient (Wildman–Crippen LogP) is 4.55. The number of fused-ring (bicyclic) bond motifs is 1. The third-order valence-electron chi connectivity index (χ3n) is 4.96. The molecule has 4 aromatic rings. The minimum Gasteiger partial charge on any atom is -0.340 e. The van der Waals surface area contributed by atoms with Crippen LogP contribution in [0.5, 0.6) is 0 Å². The Kier molecular flexibility index (Phi) is 3.98. The van der Waals surface area contributed by atoms with Gasteiger partial charge in [0.15, 0.2) is 0 Å². The second-order valence-electron chi connectivity index (χ2n) is 6.73. The van der Waals surface area contributed by atoms with Crippen molar-refractivity contribution < 1.29 is 4.79 Å². The molecule has 0 unspecified atom stereocenters. The molecule has 0 spiro atoms. The molecular weight excluding hydrogens is 356 g/mol. The van der Waals surface area contributed by atoms with Crippen molar-refractivity contribution in [2.75, 3.05) is 0 Å². The van der Waals surface area contributed by atoms with Crippen molar-refractivity contribution >= 4 is 28.3 Å². The highest BCUT2D eigenvalue weighted by atomic mass is 32.1. The number of rotatable bonds is 4. The number of likely N-dealkylation sites (tertiary alicyclic amines) is 1. The highest BCUT2D eigenvalue weighted by Crippen LogP contribution is 2.34. The number of hydrogen-bond acceptors (Lipinski definition) is 4. The van der Waals surface area contributed by atoms with Crippen LogP contribution in [0.3, 0.4) is 0 Å². The van der Waals surface area contributed by atoms with Crippen LogP contribution in [-0.2, 0) is 11.3 Å². The monoisotopic (exact) mass is 374 g/mol. The van der Waals surface area contributed by atoms with E-state index in [1.165, 1.54) is 0 Å². The van der Waals surface area contributed by atoms with Crippen LogP contribution in [0.15, 0.2) is 60.0 Å². The highest BCUT2D eigenvalue weighted by molar-refractivity contribution is 7.13. The average molecular weight is 374 g/mol. The quantitative estimate of drug-likeness (QED) is 0.570. The number of nitrogens with zero attached hydrogens (tertiary/aromatic N) is 3. The summed E-state index contributed by atoms with van der Waals surface area (Å²) in [6.07, 6.45) is 1.34. The Labute approximate surface area is 160 Å². The molecule has 1 aliphatic rings. The highest BCUT2D eigenvalue weighted by Gasteiger charge is 2.34. The number of hydrogen-bond donors (Lipinski definition) is 1. The molecule has 1 atom stereocenters. The van der Waals surface area contributed by atoms with Gasteiger partial charge in [-0.15, -0.1) is 11.3 Å². The summed E-state index contributed by atoms with van der Waals surface area (Å²) in [5.41, 5.74) is 3.98. The number of para-hydroxylation sites is 2. The first-order valence-electron chi connectivity index (χ1n) is 9.02. The molecule has 5 nitrogen and oxygen atoms in total. The van der Waals surface area contributed by atoms with Crippen LogP contribution in [-0.4, -0.2) is 25.8 Å². The van der Waals surface area contributed by atoms with E-state index in [1.807, 2.05) is 52.7 Å². The van der Waals surface area contributed by atoms with Gasteiger partial charge in [-0.05, 0) is 18.6 Å². The molecule has 1 fully saturated rings. The maximum atomic E-state index is 12.5. The van der Waals surface area contributed by atoms with Crippen molar-refractivity contribution in [1.29, 1.82) is 0 Å². The Morgan fingerprint density at radius 1 is 1.07 bits per heavy atom. The zero-order valence-corrected chi connectivity index (χ0v) is 15.4. The van der Waals surface area contributed by atoms with E-state index in [9.17, 15) is 4.79 Å². The second-order valence-corrected chi connectivity index (χ2v) is 7.58. The second kappa shape index (κ2) is 6.63. The molecule has 1 amide bonds. The molecule has 2 aromatic carbocycles. The average Bonchev–Trinajstić information content (AvgIpc) is 3.42. The topological polar surface area (TPSA) is 61.9 Å². The van der Waals surface area contributed by atoms with Crippen molar-refractivity contribution in [2.45, 2.75) is 25.4 Å². The van der Waals surface area contributed by atoms with Gasteiger partial charge in [0, 0.05) is 17.4 Å². The normalized spacial score (nSPS) is 17.1. The van der Waals surface area contributed by atoms with Crippen LogP contribution in [0.2, 0.25) is 0 Å². The fourth-order valence-electron chi connectivity index (χ4n) is 3.61. The van der Waals surface area contributed by atoms with Crippen LogP contribution in [0.1, 0.15) is 30.4 Å². The molecule has 0 saturated carbocycles. The number of thiazole rings is 1. The summed E-state index contributed by atoms with van der Waals surface area (Å²) in [6.45, 7) is 0.518. The van der Waals surface area contributed by atoms with Gasteiger partial charge in [-0.1, -0.05) is 42.5 Å². The van der Waals surface area contributed by atoms with Gasteiger partial charge in [0.1, 0.15) is 10.8 Å². The van der Waals surface area contributed by atoms with Crippen LogP contribution in [0.25, 0.3) is 21.6 Å². The summed E-state index contributed by atoms with van der Waals surface area (Å²) < 4.78 is 0. The Hall–Kier alpha value is -2.99. The van der Waals surface area contributed by atoms with E-state index < -0.39 is 0 Å². The lowest BCUT2D eigenvalue weighted by molar-refractivity contribution is -0.129. The predicted molar refractivity (Wildman–Crippen MR) is 106 cm³/mol. The van der Waals surface area contributed by atoms with Crippen molar-refractivity contribution in [3.05, 3.63) is 71.5 Å². The van der Waals surface area contributed by atoms with E-state index >= 15 is 0 Å². The third kappa shape index (κ3) is 3.02. The number of nitrogens with one attached hydrogen (secondary N) is 1. The molecular formula is C21H18N4OS. The molecule has 27 heavy (non-hydrogen) atoms. The van der Waals surface area contributed by atoms with Crippen molar-refractivity contribution in [3.8, 4) is 10.6 Å². The number of aromatic amines is 1. The molecule has 0 aliphatic carbocycles. The fraction of sp³-hybridized carbons (Fsp3) is 0.190. The van der Waals surface area contributed by atoms with Crippen LogP contribution >= 0.6 is 11.3 Å². The first-order chi connectivity index (χ1) is 13.3. The Morgan fingerprint density at radius 2 is 1.89 bits per heavy atom. The lowest BCUT2D eigenvalue weighted by atomic mass is 10.2. The van der Waals surface area contributed by atoms with Gasteiger partial charge in [-0.25, -0.2) is 9.97 Å². The summed E-state index contributed by atoms with van der Waals surface area (Å²) in [4.78, 5) is 27.3. The Morgan fingerprint density at radius 3 is 2.74 bits per heavy atom. The Balaban J connectivity index is 1.41. The van der Waals surface area contributed by atoms with Gasteiger partial charge in [0.2, 0.25) is 5.91 Å². The lowest BCUT2D eigenvalue weighted by Crippen LogP contribution is -2.27. The summed E-state index contributed by atoms with van der Waals surface area (Å²) in [7, 11) is 0. The van der Waals surface area contributed by atoms with Gasteiger partial charge < -0.3 is 9.88 Å². The molecule has 0 radical (unpaired) electrons. The van der Waals surface area contributed by atoms with Crippen molar-refractivity contribution in [1.82, 2.24) is 19.9 Å². The molecule has 2 aromatic heterocycles. The van der Waals surface area contributed by atoms with Gasteiger partial charge in [-0.3, -0.25) is 4.79 Å². The first-order valence-corrected chi connectivity index (χ1v) is 9.90. The minimum atomic E-state index is -0.0215. The maximum Gasteiger partial charge on any atom is 0.223 e. The SMILES string of the molecule is O=C1CC[C@@H](c2nc3ccccc3[nH]2)N1Cc1csc(-c2ccccc2)n1. The smallest absolute Gasteiger partial charge is 0.223 e. The number of amides is 1. The molecule has 6 heteroatoms. The van der Waals surface area contributed by atoms with Gasteiger partial charge in [-0.2, -0.15) is 0 Å². The number of benzene rings is 2.